The van der Waals surface area contributed by atoms with Crippen molar-refractivity contribution in [2.75, 3.05) is 0 Å². The molecule has 0 aliphatic rings. The largest absolute Gasteiger partial charge is 0.411 e. The predicted molar refractivity (Wildman–Crippen MR) is 37.0 cm³/mol. The van der Waals surface area contributed by atoms with Gasteiger partial charge in [-0.1, -0.05) is 10.3 Å². The van der Waals surface area contributed by atoms with Gasteiger partial charge in [-0.25, -0.2) is 0 Å². The Labute approximate surface area is 59.3 Å². The molecule has 0 spiro atoms. The van der Waals surface area contributed by atoms with E-state index < -0.39 is 0 Å². The normalized spacial score (nSPS) is 12.7. The van der Waals surface area contributed by atoms with E-state index in [-0.39, 0.29) is 12.4 Å². The van der Waals surface area contributed by atoms with Gasteiger partial charge in [0.1, 0.15) is 11.4 Å². The first-order chi connectivity index (χ1) is 3.72. The Kier molecular flexibility index (Phi) is 6.61. The van der Waals surface area contributed by atoms with Crippen molar-refractivity contribution in [2.24, 2.45) is 10.3 Å². The van der Waals surface area contributed by atoms with E-state index in [2.05, 4.69) is 10.3 Å². The second-order valence-corrected chi connectivity index (χ2v) is 1.37. The quantitative estimate of drug-likeness (QED) is 0.336. The Morgan fingerprint density at radius 1 is 1.00 bits per heavy atom. The van der Waals surface area contributed by atoms with Gasteiger partial charge in [0.25, 0.3) is 0 Å². The molecule has 0 aromatic heterocycles. The summed E-state index contributed by atoms with van der Waals surface area (Å²) in [5, 5.41) is 21.6. The molecule has 0 saturated carbocycles. The molecule has 0 rings (SSSR count). The Balaban J connectivity index is 0. The molecule has 0 aliphatic carbocycles. The summed E-state index contributed by atoms with van der Waals surface area (Å²) in [6, 6.07) is 0. The van der Waals surface area contributed by atoms with Gasteiger partial charge in [0.15, 0.2) is 0 Å². The molecule has 0 amide bonds. The van der Waals surface area contributed by atoms with Crippen molar-refractivity contribution < 1.29 is 10.4 Å². The third-order valence-corrected chi connectivity index (χ3v) is 0.824. The maximum atomic E-state index is 8.03. The van der Waals surface area contributed by atoms with Crippen molar-refractivity contribution in [3.8, 4) is 0 Å². The second-order valence-electron chi connectivity index (χ2n) is 1.37. The fraction of sp³-hybridized carbons (Fsp3) is 0.500. The van der Waals surface area contributed by atoms with Crippen LogP contribution in [0, 0.1) is 0 Å². The molecule has 0 fully saturated rings. The SMILES string of the molecule is CC(=N\O)/C(C)=N/O.Cl. The van der Waals surface area contributed by atoms with Crippen LogP contribution in [0.3, 0.4) is 0 Å². The van der Waals surface area contributed by atoms with Crippen molar-refractivity contribution in [2.45, 2.75) is 13.8 Å². The lowest BCUT2D eigenvalue weighted by molar-refractivity contribution is 0.313. The molecule has 0 atom stereocenters. The van der Waals surface area contributed by atoms with Crippen LogP contribution in [0.5, 0.6) is 0 Å². The minimum Gasteiger partial charge on any atom is -0.411 e. The smallest absolute Gasteiger partial charge is 0.101 e. The van der Waals surface area contributed by atoms with Crippen molar-refractivity contribution in [3.63, 3.8) is 0 Å². The molecule has 0 unspecified atom stereocenters. The van der Waals surface area contributed by atoms with Gasteiger partial charge in [0, 0.05) is 0 Å². The second kappa shape index (κ2) is 5.37. The van der Waals surface area contributed by atoms with Gasteiger partial charge in [0.05, 0.1) is 0 Å². The average Bonchev–Trinajstić information content (AvgIpc) is 1.84. The number of hydrogen-bond acceptors (Lipinski definition) is 4. The van der Waals surface area contributed by atoms with E-state index in [0.29, 0.717) is 11.4 Å². The minimum absolute atomic E-state index is 0. The first kappa shape index (κ1) is 11.1. The third kappa shape index (κ3) is 3.78. The van der Waals surface area contributed by atoms with E-state index in [1.807, 2.05) is 0 Å². The lowest BCUT2D eigenvalue weighted by atomic mass is 10.3. The highest BCUT2D eigenvalue weighted by molar-refractivity contribution is 6.40. The molecule has 0 heterocycles. The summed E-state index contributed by atoms with van der Waals surface area (Å²) in [7, 11) is 0. The molecule has 0 saturated heterocycles. The lowest BCUT2D eigenvalue weighted by Gasteiger charge is -1.88. The summed E-state index contributed by atoms with van der Waals surface area (Å²) in [6.45, 7) is 3.07. The highest BCUT2D eigenvalue weighted by Gasteiger charge is 1.93. The molecule has 5 heteroatoms. The van der Waals surface area contributed by atoms with Crippen LogP contribution in [0.4, 0.5) is 0 Å². The zero-order chi connectivity index (χ0) is 6.57. The Bertz CT molecular complexity index is 117. The number of halogens is 1. The molecule has 0 bridgehead atoms. The standard InChI is InChI=1S/C4H8N2O2.ClH/c1-3(5-7)4(2)6-8;/h7-8H,1-2H3;1H/b5-3+,6-4+;. The molecule has 4 nitrogen and oxygen atoms in total. The average molecular weight is 153 g/mol. The number of rotatable bonds is 1. The summed E-state index contributed by atoms with van der Waals surface area (Å²) in [5.41, 5.74) is 0.625. The predicted octanol–water partition coefficient (Wildman–Crippen LogP) is 1.11. The van der Waals surface area contributed by atoms with Crippen LogP contribution >= 0.6 is 12.4 Å². The van der Waals surface area contributed by atoms with Gasteiger partial charge in [-0.3, -0.25) is 0 Å². The Morgan fingerprint density at radius 2 is 1.22 bits per heavy atom. The van der Waals surface area contributed by atoms with Crippen molar-refractivity contribution in [3.05, 3.63) is 0 Å². The first-order valence-electron chi connectivity index (χ1n) is 2.10. The molecule has 54 valence electrons. The van der Waals surface area contributed by atoms with Crippen molar-refractivity contribution >= 4 is 23.8 Å². The molecule has 0 radical (unpaired) electrons. The summed E-state index contributed by atoms with van der Waals surface area (Å²) < 4.78 is 0. The molecule has 9 heavy (non-hydrogen) atoms. The topological polar surface area (TPSA) is 65.2 Å². The molecule has 0 aromatic carbocycles. The Hall–Kier alpha value is -0.770. The molecule has 2 N–H and O–H groups in total. The highest BCUT2D eigenvalue weighted by Crippen LogP contribution is 1.79. The van der Waals surface area contributed by atoms with E-state index in [1.54, 1.807) is 0 Å². The fourth-order valence-corrected chi connectivity index (χ4v) is 0.145. The van der Waals surface area contributed by atoms with Gasteiger partial charge in [0.2, 0.25) is 0 Å². The highest BCUT2D eigenvalue weighted by atomic mass is 35.5. The summed E-state index contributed by atoms with van der Waals surface area (Å²) >= 11 is 0. The molecule has 0 aliphatic heterocycles. The summed E-state index contributed by atoms with van der Waals surface area (Å²) in [4.78, 5) is 0. The monoisotopic (exact) mass is 152 g/mol. The summed E-state index contributed by atoms with van der Waals surface area (Å²) in [6.07, 6.45) is 0. The van der Waals surface area contributed by atoms with Gasteiger partial charge < -0.3 is 10.4 Å². The fourth-order valence-electron chi connectivity index (χ4n) is 0.145. The summed E-state index contributed by atoms with van der Waals surface area (Å²) in [5.74, 6) is 0. The zero-order valence-corrected chi connectivity index (χ0v) is 6.01. The van der Waals surface area contributed by atoms with E-state index >= 15 is 0 Å². The van der Waals surface area contributed by atoms with Crippen LogP contribution in [0.1, 0.15) is 13.8 Å². The van der Waals surface area contributed by atoms with E-state index in [1.165, 1.54) is 13.8 Å². The first-order valence-corrected chi connectivity index (χ1v) is 2.10. The maximum Gasteiger partial charge on any atom is 0.101 e. The molecule has 0 aromatic rings. The van der Waals surface area contributed by atoms with E-state index in [9.17, 15) is 0 Å². The lowest BCUT2D eigenvalue weighted by Crippen LogP contribution is -2.04. The maximum absolute atomic E-state index is 8.03. The zero-order valence-electron chi connectivity index (χ0n) is 5.20. The van der Waals surface area contributed by atoms with Crippen LogP contribution in [-0.4, -0.2) is 21.8 Å². The van der Waals surface area contributed by atoms with Crippen LogP contribution in [0.2, 0.25) is 0 Å². The van der Waals surface area contributed by atoms with Crippen LogP contribution in [0.15, 0.2) is 10.3 Å². The van der Waals surface area contributed by atoms with Crippen LogP contribution in [0.25, 0.3) is 0 Å². The van der Waals surface area contributed by atoms with Crippen molar-refractivity contribution in [1.29, 1.82) is 0 Å². The van der Waals surface area contributed by atoms with Crippen molar-refractivity contribution in [1.82, 2.24) is 0 Å². The van der Waals surface area contributed by atoms with E-state index in [4.69, 9.17) is 10.4 Å². The van der Waals surface area contributed by atoms with Gasteiger partial charge in [-0.2, -0.15) is 0 Å². The number of oxime groups is 2. The molecular weight excluding hydrogens is 144 g/mol. The number of nitrogens with zero attached hydrogens (tertiary/aromatic N) is 2. The third-order valence-electron chi connectivity index (χ3n) is 0.824. The van der Waals surface area contributed by atoms with Crippen LogP contribution in [-0.2, 0) is 0 Å². The van der Waals surface area contributed by atoms with Gasteiger partial charge >= 0.3 is 0 Å². The van der Waals surface area contributed by atoms with E-state index in [0.717, 1.165) is 0 Å². The Morgan fingerprint density at radius 3 is 1.33 bits per heavy atom. The minimum atomic E-state index is 0. The van der Waals surface area contributed by atoms with Gasteiger partial charge in [-0.15, -0.1) is 12.4 Å². The number of hydrogen-bond donors (Lipinski definition) is 2. The van der Waals surface area contributed by atoms with Gasteiger partial charge in [-0.05, 0) is 13.8 Å². The van der Waals surface area contributed by atoms with Crippen LogP contribution < -0.4 is 0 Å². The molecular formula is C4H9ClN2O2.